The molecule has 2 atom stereocenters. The van der Waals surface area contributed by atoms with Crippen molar-refractivity contribution in [3.8, 4) is 0 Å². The van der Waals surface area contributed by atoms with Gasteiger partial charge in [-0.25, -0.2) is 0 Å². The van der Waals surface area contributed by atoms with Crippen molar-refractivity contribution in [1.29, 1.82) is 0 Å². The Morgan fingerprint density at radius 3 is 2.71 bits per heavy atom. The number of aromatic nitrogens is 1. The first-order chi connectivity index (χ1) is 8.06. The fourth-order valence-corrected chi connectivity index (χ4v) is 1.45. The smallest absolute Gasteiger partial charge is 0.253 e. The van der Waals surface area contributed by atoms with Crippen molar-refractivity contribution in [2.45, 2.75) is 26.3 Å². The molecule has 0 aliphatic rings. The highest BCUT2D eigenvalue weighted by Gasteiger charge is 2.23. The molecule has 0 bridgehead atoms. The average molecular weight is 235 g/mol. The molecule has 5 heteroatoms. The third-order valence-corrected chi connectivity index (χ3v) is 2.73. The third kappa shape index (κ3) is 3.55. The second-order valence-electron chi connectivity index (χ2n) is 3.98. The number of carbonyl (C=O) groups excluding carboxylic acids is 2. The van der Waals surface area contributed by atoms with Crippen LogP contribution in [0, 0.1) is 5.92 Å². The van der Waals surface area contributed by atoms with Crippen LogP contribution in [0.25, 0.3) is 0 Å². The molecule has 0 aromatic carbocycles. The van der Waals surface area contributed by atoms with Gasteiger partial charge in [-0.05, 0) is 18.1 Å². The van der Waals surface area contributed by atoms with E-state index >= 15 is 0 Å². The van der Waals surface area contributed by atoms with Crippen molar-refractivity contribution in [2.24, 2.45) is 11.7 Å². The predicted molar refractivity (Wildman–Crippen MR) is 64.1 cm³/mol. The van der Waals surface area contributed by atoms with E-state index in [1.165, 1.54) is 6.20 Å². The standard InChI is InChI=1S/C12H17N3O2/c1-3-8(2)10(11(13)16)15-12(17)9-5-4-6-14-7-9/h4-8,10H,3H2,1-2H3,(H2,13,16)(H,15,17)/t8-,10+/m1/s1. The van der Waals surface area contributed by atoms with E-state index in [2.05, 4.69) is 10.3 Å². The first-order valence-electron chi connectivity index (χ1n) is 5.56. The Morgan fingerprint density at radius 2 is 2.24 bits per heavy atom. The zero-order valence-corrected chi connectivity index (χ0v) is 10.0. The van der Waals surface area contributed by atoms with E-state index < -0.39 is 11.9 Å². The molecule has 3 N–H and O–H groups in total. The number of amides is 2. The van der Waals surface area contributed by atoms with E-state index in [0.717, 1.165) is 6.42 Å². The van der Waals surface area contributed by atoms with Crippen LogP contribution in [0.15, 0.2) is 24.5 Å². The van der Waals surface area contributed by atoms with Gasteiger partial charge in [0.05, 0.1) is 5.56 Å². The predicted octanol–water partition coefficient (Wildman–Crippen LogP) is 0.711. The van der Waals surface area contributed by atoms with Gasteiger partial charge in [0.1, 0.15) is 6.04 Å². The van der Waals surface area contributed by atoms with Gasteiger partial charge in [0.15, 0.2) is 0 Å². The van der Waals surface area contributed by atoms with Crippen LogP contribution in [0.1, 0.15) is 30.6 Å². The number of hydrogen-bond donors (Lipinski definition) is 2. The summed E-state index contributed by atoms with van der Waals surface area (Å²) in [4.78, 5) is 26.9. The summed E-state index contributed by atoms with van der Waals surface area (Å²) in [5, 5.41) is 2.63. The van der Waals surface area contributed by atoms with Crippen LogP contribution in [0.2, 0.25) is 0 Å². The molecule has 0 aliphatic carbocycles. The molecular formula is C12H17N3O2. The molecule has 0 unspecified atom stereocenters. The molecule has 0 fully saturated rings. The second kappa shape index (κ2) is 5.98. The first kappa shape index (κ1) is 13.2. The molecule has 1 aromatic rings. The number of nitrogens with two attached hydrogens (primary N) is 1. The van der Waals surface area contributed by atoms with Crippen LogP contribution in [-0.4, -0.2) is 22.8 Å². The monoisotopic (exact) mass is 235 g/mol. The van der Waals surface area contributed by atoms with Gasteiger partial charge in [-0.15, -0.1) is 0 Å². The number of pyridine rings is 1. The van der Waals surface area contributed by atoms with Crippen LogP contribution in [-0.2, 0) is 4.79 Å². The lowest BCUT2D eigenvalue weighted by molar-refractivity contribution is -0.120. The van der Waals surface area contributed by atoms with Crippen molar-refractivity contribution in [1.82, 2.24) is 10.3 Å². The minimum atomic E-state index is -0.646. The lowest BCUT2D eigenvalue weighted by atomic mass is 9.98. The molecule has 0 saturated heterocycles. The van der Waals surface area contributed by atoms with Gasteiger partial charge >= 0.3 is 0 Å². The summed E-state index contributed by atoms with van der Waals surface area (Å²) >= 11 is 0. The Hall–Kier alpha value is -1.91. The quantitative estimate of drug-likeness (QED) is 0.788. The van der Waals surface area contributed by atoms with Gasteiger partial charge < -0.3 is 11.1 Å². The second-order valence-corrected chi connectivity index (χ2v) is 3.98. The molecule has 0 saturated carbocycles. The fourth-order valence-electron chi connectivity index (χ4n) is 1.45. The molecule has 1 aromatic heterocycles. The molecular weight excluding hydrogens is 218 g/mol. The average Bonchev–Trinajstić information content (AvgIpc) is 2.35. The van der Waals surface area contributed by atoms with Gasteiger partial charge in [-0.3, -0.25) is 14.6 Å². The summed E-state index contributed by atoms with van der Waals surface area (Å²) in [5.74, 6) is -0.841. The summed E-state index contributed by atoms with van der Waals surface area (Å²) in [7, 11) is 0. The van der Waals surface area contributed by atoms with Gasteiger partial charge in [0, 0.05) is 12.4 Å². The SMILES string of the molecule is CC[C@@H](C)[C@H](NC(=O)c1cccnc1)C(N)=O. The number of primary amides is 1. The van der Waals surface area contributed by atoms with E-state index in [9.17, 15) is 9.59 Å². The van der Waals surface area contributed by atoms with Crippen LogP contribution < -0.4 is 11.1 Å². The molecule has 2 amide bonds. The van der Waals surface area contributed by atoms with Crippen LogP contribution in [0.4, 0.5) is 0 Å². The maximum atomic E-state index is 11.8. The van der Waals surface area contributed by atoms with Crippen molar-refractivity contribution in [3.63, 3.8) is 0 Å². The van der Waals surface area contributed by atoms with E-state index in [-0.39, 0.29) is 11.8 Å². The van der Waals surface area contributed by atoms with Crippen molar-refractivity contribution in [3.05, 3.63) is 30.1 Å². The van der Waals surface area contributed by atoms with Crippen LogP contribution in [0.3, 0.4) is 0 Å². The van der Waals surface area contributed by atoms with E-state index in [1.54, 1.807) is 18.3 Å². The summed E-state index contributed by atoms with van der Waals surface area (Å²) in [6.07, 6.45) is 3.79. The zero-order chi connectivity index (χ0) is 12.8. The van der Waals surface area contributed by atoms with Gasteiger partial charge in [0.2, 0.25) is 5.91 Å². The fraction of sp³-hybridized carbons (Fsp3) is 0.417. The van der Waals surface area contributed by atoms with Crippen molar-refractivity contribution >= 4 is 11.8 Å². The van der Waals surface area contributed by atoms with Gasteiger partial charge in [-0.2, -0.15) is 0 Å². The highest BCUT2D eigenvalue weighted by Crippen LogP contribution is 2.08. The number of rotatable bonds is 5. The maximum absolute atomic E-state index is 11.8. The molecule has 5 nitrogen and oxygen atoms in total. The Kier molecular flexibility index (Phi) is 4.63. The molecule has 92 valence electrons. The number of hydrogen-bond acceptors (Lipinski definition) is 3. The molecule has 0 aliphatic heterocycles. The summed E-state index contributed by atoms with van der Waals surface area (Å²) in [5.41, 5.74) is 5.69. The summed E-state index contributed by atoms with van der Waals surface area (Å²) < 4.78 is 0. The van der Waals surface area contributed by atoms with E-state index in [4.69, 9.17) is 5.73 Å². The maximum Gasteiger partial charge on any atom is 0.253 e. The minimum Gasteiger partial charge on any atom is -0.368 e. The Bertz CT molecular complexity index is 392. The van der Waals surface area contributed by atoms with Gasteiger partial charge in [0.25, 0.3) is 5.91 Å². The largest absolute Gasteiger partial charge is 0.368 e. The Balaban J connectivity index is 2.75. The first-order valence-corrected chi connectivity index (χ1v) is 5.56. The molecule has 1 heterocycles. The number of nitrogens with one attached hydrogen (secondary N) is 1. The highest BCUT2D eigenvalue weighted by atomic mass is 16.2. The molecule has 17 heavy (non-hydrogen) atoms. The highest BCUT2D eigenvalue weighted by molar-refractivity contribution is 5.97. The lowest BCUT2D eigenvalue weighted by Crippen LogP contribution is -2.48. The topological polar surface area (TPSA) is 85.1 Å². The Morgan fingerprint density at radius 1 is 1.53 bits per heavy atom. The normalized spacial score (nSPS) is 13.8. The number of carbonyl (C=O) groups is 2. The van der Waals surface area contributed by atoms with E-state index in [0.29, 0.717) is 5.56 Å². The minimum absolute atomic E-state index is 0.00752. The zero-order valence-electron chi connectivity index (χ0n) is 10.0. The Labute approximate surface area is 100 Å². The molecule has 0 spiro atoms. The number of nitrogens with zero attached hydrogens (tertiary/aromatic N) is 1. The van der Waals surface area contributed by atoms with Crippen LogP contribution in [0.5, 0.6) is 0 Å². The summed E-state index contributed by atoms with van der Waals surface area (Å²) in [6, 6.07) is 2.65. The van der Waals surface area contributed by atoms with Gasteiger partial charge in [-0.1, -0.05) is 20.3 Å². The van der Waals surface area contributed by atoms with Crippen molar-refractivity contribution in [2.75, 3.05) is 0 Å². The summed E-state index contributed by atoms with van der Waals surface area (Å²) in [6.45, 7) is 3.82. The molecule has 1 rings (SSSR count). The third-order valence-electron chi connectivity index (χ3n) is 2.73. The molecule has 0 radical (unpaired) electrons. The lowest BCUT2D eigenvalue weighted by Gasteiger charge is -2.20. The van der Waals surface area contributed by atoms with Crippen molar-refractivity contribution < 1.29 is 9.59 Å². The van der Waals surface area contributed by atoms with Crippen LogP contribution >= 0.6 is 0 Å². The van der Waals surface area contributed by atoms with E-state index in [1.807, 2.05) is 13.8 Å².